The van der Waals surface area contributed by atoms with Gasteiger partial charge in [0.05, 0.1) is 19.8 Å². The summed E-state index contributed by atoms with van der Waals surface area (Å²) in [4.78, 5) is 0. The number of halogens is 3. The number of ether oxygens (including phenoxy) is 2. The van der Waals surface area contributed by atoms with E-state index < -0.39 is 25.0 Å². The third-order valence-electron chi connectivity index (χ3n) is 1.97. The van der Waals surface area contributed by atoms with E-state index in [-0.39, 0.29) is 19.6 Å². The van der Waals surface area contributed by atoms with Crippen molar-refractivity contribution in [1.29, 1.82) is 0 Å². The normalized spacial score (nSPS) is 29.5. The van der Waals surface area contributed by atoms with Crippen LogP contribution in [0.2, 0.25) is 0 Å². The highest BCUT2D eigenvalue weighted by atomic mass is 19.4. The number of alkyl halides is 3. The van der Waals surface area contributed by atoms with Crippen LogP contribution in [-0.4, -0.2) is 43.3 Å². The van der Waals surface area contributed by atoms with E-state index in [1.807, 2.05) is 0 Å². The quantitative estimate of drug-likeness (QED) is 0.729. The molecule has 1 fully saturated rings. The van der Waals surface area contributed by atoms with E-state index in [9.17, 15) is 13.2 Å². The second-order valence-corrected chi connectivity index (χ2v) is 2.87. The molecule has 3 nitrogen and oxygen atoms in total. The summed E-state index contributed by atoms with van der Waals surface area (Å²) in [6.45, 7) is -1.16. The van der Waals surface area contributed by atoms with Crippen LogP contribution in [0.3, 0.4) is 0 Å². The van der Waals surface area contributed by atoms with Crippen LogP contribution in [0.5, 0.6) is 0 Å². The van der Waals surface area contributed by atoms with Gasteiger partial charge in [-0.1, -0.05) is 0 Å². The molecule has 1 aliphatic heterocycles. The Morgan fingerprint density at radius 1 is 1.46 bits per heavy atom. The van der Waals surface area contributed by atoms with Gasteiger partial charge in [-0.2, -0.15) is 13.2 Å². The summed E-state index contributed by atoms with van der Waals surface area (Å²) in [7, 11) is 0. The molecule has 0 bridgehead atoms. The van der Waals surface area contributed by atoms with E-state index in [0.717, 1.165) is 0 Å². The van der Waals surface area contributed by atoms with Gasteiger partial charge in [-0.25, -0.2) is 0 Å². The summed E-state index contributed by atoms with van der Waals surface area (Å²) in [5.74, 6) is 0. The highest BCUT2D eigenvalue weighted by Gasteiger charge is 2.58. The summed E-state index contributed by atoms with van der Waals surface area (Å²) >= 11 is 0. The summed E-state index contributed by atoms with van der Waals surface area (Å²) in [5, 5.41) is 8.37. The largest absolute Gasteiger partial charge is 0.419 e. The Morgan fingerprint density at radius 2 is 2.15 bits per heavy atom. The highest BCUT2D eigenvalue weighted by molar-refractivity contribution is 4.92. The molecule has 0 aromatic rings. The zero-order valence-electron chi connectivity index (χ0n) is 6.93. The molecule has 0 amide bonds. The summed E-state index contributed by atoms with van der Waals surface area (Å²) in [6, 6.07) is 0. The van der Waals surface area contributed by atoms with Gasteiger partial charge in [0.2, 0.25) is 0 Å². The number of hydrogen-bond donors (Lipinski definition) is 1. The molecular weight excluding hydrogens is 189 g/mol. The average molecular weight is 200 g/mol. The van der Waals surface area contributed by atoms with Gasteiger partial charge in [0.25, 0.3) is 0 Å². The van der Waals surface area contributed by atoms with Gasteiger partial charge in [-0.05, 0) is 0 Å². The van der Waals surface area contributed by atoms with Gasteiger partial charge in [0, 0.05) is 13.0 Å². The molecule has 1 unspecified atom stereocenters. The molecule has 0 spiro atoms. The number of hydrogen-bond acceptors (Lipinski definition) is 3. The van der Waals surface area contributed by atoms with E-state index in [0.29, 0.717) is 0 Å². The summed E-state index contributed by atoms with van der Waals surface area (Å²) < 4.78 is 46.6. The van der Waals surface area contributed by atoms with Crippen LogP contribution < -0.4 is 0 Å². The van der Waals surface area contributed by atoms with Gasteiger partial charge in [0.15, 0.2) is 5.60 Å². The average Bonchev–Trinajstić information content (AvgIpc) is 2.48. The lowest BCUT2D eigenvalue weighted by Gasteiger charge is -2.29. The first-order valence-electron chi connectivity index (χ1n) is 3.91. The third-order valence-corrected chi connectivity index (χ3v) is 1.97. The first kappa shape index (κ1) is 10.7. The lowest BCUT2D eigenvalue weighted by atomic mass is 10.0. The maximum atomic E-state index is 12.5. The summed E-state index contributed by atoms with van der Waals surface area (Å²) in [6.07, 6.45) is -4.63. The fraction of sp³-hybridized carbons (Fsp3) is 1.00. The SMILES string of the molecule is OCCOC1(C(F)(F)F)CCOC1. The minimum absolute atomic E-state index is 0.0466. The molecule has 0 radical (unpaired) electrons. The van der Waals surface area contributed by atoms with Gasteiger partial charge in [-0.15, -0.1) is 0 Å². The molecular formula is C7H11F3O3. The van der Waals surface area contributed by atoms with Gasteiger partial charge >= 0.3 is 6.18 Å². The van der Waals surface area contributed by atoms with Crippen LogP contribution in [0, 0.1) is 0 Å². The molecule has 78 valence electrons. The molecule has 0 aromatic heterocycles. The Labute approximate surface area is 73.4 Å². The Balaban J connectivity index is 2.64. The van der Waals surface area contributed by atoms with Gasteiger partial charge < -0.3 is 14.6 Å². The minimum atomic E-state index is -4.43. The highest BCUT2D eigenvalue weighted by Crippen LogP contribution is 2.39. The van der Waals surface area contributed by atoms with Crippen LogP contribution in [0.4, 0.5) is 13.2 Å². The second kappa shape index (κ2) is 3.81. The monoisotopic (exact) mass is 200 g/mol. The zero-order valence-corrected chi connectivity index (χ0v) is 6.93. The Hall–Kier alpha value is -0.330. The van der Waals surface area contributed by atoms with Crippen LogP contribution in [0.15, 0.2) is 0 Å². The number of rotatable bonds is 3. The predicted molar refractivity (Wildman–Crippen MR) is 37.3 cm³/mol. The summed E-state index contributed by atoms with van der Waals surface area (Å²) in [5.41, 5.74) is -2.20. The molecule has 1 heterocycles. The molecule has 1 N–H and O–H groups in total. The maximum Gasteiger partial charge on any atom is 0.419 e. The van der Waals surface area contributed by atoms with Gasteiger partial charge in [0.1, 0.15) is 0 Å². The van der Waals surface area contributed by atoms with Gasteiger partial charge in [-0.3, -0.25) is 0 Å². The molecule has 1 aliphatic rings. The van der Waals surface area contributed by atoms with E-state index >= 15 is 0 Å². The van der Waals surface area contributed by atoms with E-state index in [4.69, 9.17) is 5.11 Å². The minimum Gasteiger partial charge on any atom is -0.394 e. The van der Waals surface area contributed by atoms with Crippen molar-refractivity contribution >= 4 is 0 Å². The van der Waals surface area contributed by atoms with Crippen molar-refractivity contribution in [1.82, 2.24) is 0 Å². The molecule has 0 aliphatic carbocycles. The maximum absolute atomic E-state index is 12.5. The molecule has 0 saturated carbocycles. The Morgan fingerprint density at radius 3 is 2.54 bits per heavy atom. The van der Waals surface area contributed by atoms with Crippen LogP contribution >= 0.6 is 0 Å². The Bertz CT molecular complexity index is 163. The second-order valence-electron chi connectivity index (χ2n) is 2.87. The molecule has 1 rings (SSSR count). The smallest absolute Gasteiger partial charge is 0.394 e. The molecule has 0 aromatic carbocycles. The predicted octanol–water partition coefficient (Wildman–Crippen LogP) is 0.717. The fourth-order valence-electron chi connectivity index (χ4n) is 1.21. The van der Waals surface area contributed by atoms with Crippen LogP contribution in [0.25, 0.3) is 0 Å². The topological polar surface area (TPSA) is 38.7 Å². The van der Waals surface area contributed by atoms with E-state index in [1.54, 1.807) is 0 Å². The fourth-order valence-corrected chi connectivity index (χ4v) is 1.21. The molecule has 1 saturated heterocycles. The Kier molecular flexibility index (Phi) is 3.15. The van der Waals surface area contributed by atoms with Crippen LogP contribution in [-0.2, 0) is 9.47 Å². The first-order valence-corrected chi connectivity index (χ1v) is 3.91. The van der Waals surface area contributed by atoms with E-state index in [1.165, 1.54) is 0 Å². The van der Waals surface area contributed by atoms with Crippen molar-refractivity contribution in [3.63, 3.8) is 0 Å². The van der Waals surface area contributed by atoms with Crippen molar-refractivity contribution in [3.05, 3.63) is 0 Å². The number of aliphatic hydroxyl groups is 1. The third kappa shape index (κ3) is 2.12. The standard InChI is InChI=1S/C7H11F3O3/c8-7(9,10)6(13-4-2-11)1-3-12-5-6/h11H,1-5H2. The van der Waals surface area contributed by atoms with Crippen molar-refractivity contribution < 1.29 is 27.8 Å². The van der Waals surface area contributed by atoms with Crippen molar-refractivity contribution in [2.24, 2.45) is 0 Å². The van der Waals surface area contributed by atoms with Crippen molar-refractivity contribution in [3.8, 4) is 0 Å². The molecule has 13 heavy (non-hydrogen) atoms. The lowest BCUT2D eigenvalue weighted by molar-refractivity contribution is -0.277. The lowest BCUT2D eigenvalue weighted by Crippen LogP contribution is -2.48. The first-order chi connectivity index (χ1) is 6.02. The van der Waals surface area contributed by atoms with Crippen LogP contribution in [0.1, 0.15) is 6.42 Å². The number of aliphatic hydroxyl groups excluding tert-OH is 1. The molecule has 6 heteroatoms. The van der Waals surface area contributed by atoms with Crippen molar-refractivity contribution in [2.75, 3.05) is 26.4 Å². The van der Waals surface area contributed by atoms with E-state index in [2.05, 4.69) is 9.47 Å². The molecule has 1 atom stereocenters. The zero-order chi connectivity index (χ0) is 9.95. The van der Waals surface area contributed by atoms with Crippen molar-refractivity contribution in [2.45, 2.75) is 18.2 Å².